The third-order valence-corrected chi connectivity index (χ3v) is 3.59. The Bertz CT molecular complexity index is 451. The number of carbonyl (C=O) groups is 1. The maximum atomic E-state index is 12.4. The normalized spacial score (nSPS) is 14.0. The van der Waals surface area contributed by atoms with Crippen molar-refractivity contribution in [3.8, 4) is 6.07 Å². The van der Waals surface area contributed by atoms with Crippen LogP contribution < -0.4 is 0 Å². The molecule has 2 rings (SSSR count). The van der Waals surface area contributed by atoms with Gasteiger partial charge in [-0.3, -0.25) is 4.79 Å². The molecule has 18 heavy (non-hydrogen) atoms. The first kappa shape index (κ1) is 12.6. The SMILES string of the molecule is CCN(CCC#N)C(=O)C1Cc2ccccc2C1. The molecule has 0 fully saturated rings. The number of amides is 1. The fourth-order valence-electron chi connectivity index (χ4n) is 2.60. The van der Waals surface area contributed by atoms with Crippen LogP contribution >= 0.6 is 0 Å². The zero-order valence-corrected chi connectivity index (χ0v) is 10.7. The van der Waals surface area contributed by atoms with E-state index < -0.39 is 0 Å². The second-order valence-corrected chi connectivity index (χ2v) is 4.70. The third-order valence-electron chi connectivity index (χ3n) is 3.59. The van der Waals surface area contributed by atoms with Crippen molar-refractivity contribution in [3.63, 3.8) is 0 Å². The van der Waals surface area contributed by atoms with Crippen LogP contribution in [0, 0.1) is 17.2 Å². The first-order valence-electron chi connectivity index (χ1n) is 6.48. The van der Waals surface area contributed by atoms with Crippen LogP contribution in [0.25, 0.3) is 0 Å². The topological polar surface area (TPSA) is 44.1 Å². The van der Waals surface area contributed by atoms with Crippen LogP contribution in [-0.2, 0) is 17.6 Å². The summed E-state index contributed by atoms with van der Waals surface area (Å²) < 4.78 is 0. The molecule has 0 bridgehead atoms. The summed E-state index contributed by atoms with van der Waals surface area (Å²) in [5, 5.41) is 8.61. The van der Waals surface area contributed by atoms with Crippen LogP contribution in [0.15, 0.2) is 24.3 Å². The van der Waals surface area contributed by atoms with E-state index in [2.05, 4.69) is 18.2 Å². The van der Waals surface area contributed by atoms with E-state index in [0.717, 1.165) is 12.8 Å². The highest BCUT2D eigenvalue weighted by Gasteiger charge is 2.29. The molecule has 1 aliphatic rings. The molecule has 0 unspecified atom stereocenters. The number of rotatable bonds is 4. The van der Waals surface area contributed by atoms with E-state index in [1.807, 2.05) is 19.1 Å². The second-order valence-electron chi connectivity index (χ2n) is 4.70. The molecule has 0 heterocycles. The molecule has 3 nitrogen and oxygen atoms in total. The van der Waals surface area contributed by atoms with E-state index in [0.29, 0.717) is 19.5 Å². The van der Waals surface area contributed by atoms with Gasteiger partial charge in [-0.25, -0.2) is 0 Å². The Hall–Kier alpha value is -1.82. The van der Waals surface area contributed by atoms with Crippen molar-refractivity contribution < 1.29 is 4.79 Å². The average molecular weight is 242 g/mol. The third kappa shape index (κ3) is 2.53. The van der Waals surface area contributed by atoms with Crippen molar-refractivity contribution in [1.82, 2.24) is 4.90 Å². The van der Waals surface area contributed by atoms with Gasteiger partial charge in [0.05, 0.1) is 12.5 Å². The van der Waals surface area contributed by atoms with Crippen LogP contribution in [0.1, 0.15) is 24.5 Å². The summed E-state index contributed by atoms with van der Waals surface area (Å²) >= 11 is 0. The van der Waals surface area contributed by atoms with E-state index in [4.69, 9.17) is 5.26 Å². The van der Waals surface area contributed by atoms with Gasteiger partial charge in [-0.2, -0.15) is 5.26 Å². The Morgan fingerprint density at radius 1 is 1.39 bits per heavy atom. The van der Waals surface area contributed by atoms with Gasteiger partial charge in [-0.05, 0) is 30.9 Å². The Labute approximate surface area is 108 Å². The summed E-state index contributed by atoms with van der Waals surface area (Å²) in [6.07, 6.45) is 2.11. The quantitative estimate of drug-likeness (QED) is 0.812. The summed E-state index contributed by atoms with van der Waals surface area (Å²) in [7, 11) is 0. The first-order valence-corrected chi connectivity index (χ1v) is 6.48. The molecule has 0 aliphatic heterocycles. The maximum absolute atomic E-state index is 12.4. The molecule has 1 aromatic carbocycles. The fraction of sp³-hybridized carbons (Fsp3) is 0.467. The van der Waals surface area contributed by atoms with Crippen LogP contribution in [0.4, 0.5) is 0 Å². The lowest BCUT2D eigenvalue weighted by Gasteiger charge is -2.23. The number of hydrogen-bond acceptors (Lipinski definition) is 2. The van der Waals surface area contributed by atoms with Crippen molar-refractivity contribution in [1.29, 1.82) is 5.26 Å². The molecule has 0 aromatic heterocycles. The number of hydrogen-bond donors (Lipinski definition) is 0. The van der Waals surface area contributed by atoms with Gasteiger partial charge in [0.25, 0.3) is 0 Å². The van der Waals surface area contributed by atoms with E-state index >= 15 is 0 Å². The zero-order valence-electron chi connectivity index (χ0n) is 10.7. The maximum Gasteiger partial charge on any atom is 0.226 e. The molecule has 1 aromatic rings. The molecule has 0 radical (unpaired) electrons. The second kappa shape index (κ2) is 5.68. The van der Waals surface area contributed by atoms with Crippen molar-refractivity contribution in [2.24, 2.45) is 5.92 Å². The minimum atomic E-state index is 0.0704. The van der Waals surface area contributed by atoms with Crippen LogP contribution in [-0.4, -0.2) is 23.9 Å². The molecule has 0 spiro atoms. The largest absolute Gasteiger partial charge is 0.342 e. The van der Waals surface area contributed by atoms with Crippen LogP contribution in [0.3, 0.4) is 0 Å². The predicted molar refractivity (Wildman–Crippen MR) is 69.8 cm³/mol. The highest BCUT2D eigenvalue weighted by atomic mass is 16.2. The molecule has 0 N–H and O–H groups in total. The minimum absolute atomic E-state index is 0.0704. The molecular weight excluding hydrogens is 224 g/mol. The van der Waals surface area contributed by atoms with E-state index in [1.165, 1.54) is 11.1 Å². The van der Waals surface area contributed by atoms with Gasteiger partial charge < -0.3 is 4.90 Å². The molecule has 1 aliphatic carbocycles. The predicted octanol–water partition coefficient (Wildman–Crippen LogP) is 2.16. The van der Waals surface area contributed by atoms with Crippen LogP contribution in [0.2, 0.25) is 0 Å². The van der Waals surface area contributed by atoms with E-state index in [9.17, 15) is 4.79 Å². The lowest BCUT2D eigenvalue weighted by molar-refractivity contribution is -0.135. The number of nitriles is 1. The molecule has 94 valence electrons. The number of benzene rings is 1. The van der Waals surface area contributed by atoms with Gasteiger partial charge >= 0.3 is 0 Å². The van der Waals surface area contributed by atoms with Crippen molar-refractivity contribution in [2.45, 2.75) is 26.2 Å². The Kier molecular flexibility index (Phi) is 3.99. The van der Waals surface area contributed by atoms with Gasteiger partial charge in [0, 0.05) is 19.0 Å². The molecule has 0 atom stereocenters. The summed E-state index contributed by atoms with van der Waals surface area (Å²) in [5.41, 5.74) is 2.60. The monoisotopic (exact) mass is 242 g/mol. The van der Waals surface area contributed by atoms with E-state index in [-0.39, 0.29) is 11.8 Å². The molecule has 0 saturated carbocycles. The lowest BCUT2D eigenvalue weighted by Crippen LogP contribution is -2.37. The number of fused-ring (bicyclic) bond motifs is 1. The van der Waals surface area contributed by atoms with Gasteiger partial charge in [0.2, 0.25) is 5.91 Å². The Balaban J connectivity index is 2.02. The standard InChI is InChI=1S/C15H18N2O/c1-2-17(9-5-8-16)15(18)14-10-12-6-3-4-7-13(12)11-14/h3-4,6-7,14H,2,5,9-11H2,1H3. The lowest BCUT2D eigenvalue weighted by atomic mass is 10.0. The summed E-state index contributed by atoms with van der Waals surface area (Å²) in [6, 6.07) is 10.4. The van der Waals surface area contributed by atoms with E-state index in [1.54, 1.807) is 4.90 Å². The summed E-state index contributed by atoms with van der Waals surface area (Å²) in [4.78, 5) is 14.2. The number of nitrogens with zero attached hydrogens (tertiary/aromatic N) is 2. The minimum Gasteiger partial charge on any atom is -0.342 e. The van der Waals surface area contributed by atoms with Gasteiger partial charge in [-0.15, -0.1) is 0 Å². The van der Waals surface area contributed by atoms with Crippen molar-refractivity contribution >= 4 is 5.91 Å². The van der Waals surface area contributed by atoms with Crippen molar-refractivity contribution in [2.75, 3.05) is 13.1 Å². The first-order chi connectivity index (χ1) is 8.76. The Morgan fingerprint density at radius 3 is 2.50 bits per heavy atom. The highest BCUT2D eigenvalue weighted by molar-refractivity contribution is 5.80. The number of carbonyl (C=O) groups excluding carboxylic acids is 1. The smallest absolute Gasteiger partial charge is 0.226 e. The van der Waals surface area contributed by atoms with Gasteiger partial charge in [-0.1, -0.05) is 24.3 Å². The highest BCUT2D eigenvalue weighted by Crippen LogP contribution is 2.27. The zero-order chi connectivity index (χ0) is 13.0. The average Bonchev–Trinajstić information content (AvgIpc) is 2.83. The Morgan fingerprint density at radius 2 is 2.00 bits per heavy atom. The molecule has 1 amide bonds. The molecular formula is C15H18N2O. The summed E-state index contributed by atoms with van der Waals surface area (Å²) in [5.74, 6) is 0.269. The molecule has 3 heteroatoms. The van der Waals surface area contributed by atoms with Gasteiger partial charge in [0.15, 0.2) is 0 Å². The fourth-order valence-corrected chi connectivity index (χ4v) is 2.60. The van der Waals surface area contributed by atoms with Gasteiger partial charge in [0.1, 0.15) is 0 Å². The molecule has 0 saturated heterocycles. The summed E-state index contributed by atoms with van der Waals surface area (Å²) in [6.45, 7) is 3.21. The van der Waals surface area contributed by atoms with Crippen LogP contribution in [0.5, 0.6) is 0 Å². The van der Waals surface area contributed by atoms with Crippen molar-refractivity contribution in [3.05, 3.63) is 35.4 Å².